The molecule has 0 unspecified atom stereocenters. The van der Waals surface area contributed by atoms with E-state index in [0.717, 1.165) is 24.2 Å². The third-order valence-electron chi connectivity index (χ3n) is 5.64. The van der Waals surface area contributed by atoms with E-state index in [1.54, 1.807) is 6.20 Å². The molecule has 1 aliphatic rings. The maximum absolute atomic E-state index is 12.6. The van der Waals surface area contributed by atoms with Crippen LogP contribution in [0, 0.1) is 0 Å². The van der Waals surface area contributed by atoms with Gasteiger partial charge in [-0.25, -0.2) is 9.97 Å². The van der Waals surface area contributed by atoms with Gasteiger partial charge in [-0.15, -0.1) is 0 Å². The van der Waals surface area contributed by atoms with Crippen molar-refractivity contribution in [2.45, 2.75) is 57.7 Å². The number of hydrogen-bond acceptors (Lipinski definition) is 5. The zero-order valence-corrected chi connectivity index (χ0v) is 18.6. The number of nitrogens with one attached hydrogen (secondary N) is 2. The number of nitrogens with zero attached hydrogens (tertiary/aromatic N) is 2. The number of carbonyl (C=O) groups excluding carboxylic acids is 1. The summed E-state index contributed by atoms with van der Waals surface area (Å²) in [4.78, 5) is 21.8. The minimum atomic E-state index is 0.0135. The van der Waals surface area contributed by atoms with Gasteiger partial charge in [-0.1, -0.05) is 54.6 Å². The molecule has 0 amide bonds. The molecular formula is C26H30N4O. The van der Waals surface area contributed by atoms with Crippen LogP contribution in [0.2, 0.25) is 0 Å². The lowest BCUT2D eigenvalue weighted by Gasteiger charge is -2.46. The van der Waals surface area contributed by atoms with Gasteiger partial charge in [0.15, 0.2) is 11.6 Å². The number of piperidine rings is 1. The fourth-order valence-electron chi connectivity index (χ4n) is 4.74. The second-order valence-corrected chi connectivity index (χ2v) is 9.68. The van der Waals surface area contributed by atoms with Gasteiger partial charge in [0.1, 0.15) is 5.82 Å². The molecule has 0 aliphatic carbocycles. The minimum absolute atomic E-state index is 0.0135. The minimum Gasteiger partial charge on any atom is -0.367 e. The van der Waals surface area contributed by atoms with Gasteiger partial charge in [-0.05, 0) is 46.6 Å². The van der Waals surface area contributed by atoms with Crippen molar-refractivity contribution in [3.8, 4) is 11.4 Å². The Bertz CT molecular complexity index is 1040. The summed E-state index contributed by atoms with van der Waals surface area (Å²) in [6, 6.07) is 19.1. The molecule has 1 aliphatic heterocycles. The van der Waals surface area contributed by atoms with E-state index >= 15 is 0 Å². The first-order valence-corrected chi connectivity index (χ1v) is 10.8. The standard InChI is InChI=1S/C26H30N4O/c1-25(2)16-21(17-26(3,4)30-25)28-22-14-15-27-24(29-22)20-12-10-19(11-13-20)23(31)18-8-6-5-7-9-18/h5-15,21,30H,16-17H2,1-4H3,(H,27,28,29). The molecule has 1 aromatic heterocycles. The van der Waals surface area contributed by atoms with Crippen molar-refractivity contribution in [3.63, 3.8) is 0 Å². The summed E-state index contributed by atoms with van der Waals surface area (Å²) in [6.45, 7) is 8.97. The van der Waals surface area contributed by atoms with Crippen molar-refractivity contribution in [1.82, 2.24) is 15.3 Å². The molecule has 1 fully saturated rings. The Morgan fingerprint density at radius 2 is 1.52 bits per heavy atom. The Hall–Kier alpha value is -3.05. The fourth-order valence-corrected chi connectivity index (χ4v) is 4.74. The summed E-state index contributed by atoms with van der Waals surface area (Å²) in [6.07, 6.45) is 3.82. The molecule has 2 N–H and O–H groups in total. The van der Waals surface area contributed by atoms with Gasteiger partial charge < -0.3 is 10.6 Å². The van der Waals surface area contributed by atoms with Crippen molar-refractivity contribution in [1.29, 1.82) is 0 Å². The molecule has 0 saturated carbocycles. The molecule has 2 heterocycles. The van der Waals surface area contributed by atoms with Crippen molar-refractivity contribution in [2.75, 3.05) is 5.32 Å². The number of rotatable bonds is 5. The maximum atomic E-state index is 12.6. The normalized spacial score (nSPS) is 17.8. The van der Waals surface area contributed by atoms with Gasteiger partial charge in [-0.3, -0.25) is 4.79 Å². The molecule has 31 heavy (non-hydrogen) atoms. The van der Waals surface area contributed by atoms with Crippen LogP contribution in [-0.4, -0.2) is 32.9 Å². The molecule has 1 saturated heterocycles. The average molecular weight is 415 g/mol. The number of ketones is 1. The van der Waals surface area contributed by atoms with Crippen LogP contribution in [0.15, 0.2) is 66.9 Å². The summed E-state index contributed by atoms with van der Waals surface area (Å²) in [7, 11) is 0. The van der Waals surface area contributed by atoms with E-state index < -0.39 is 0 Å². The maximum Gasteiger partial charge on any atom is 0.193 e. The number of hydrogen-bond donors (Lipinski definition) is 2. The van der Waals surface area contributed by atoms with E-state index in [-0.39, 0.29) is 16.9 Å². The monoisotopic (exact) mass is 414 g/mol. The van der Waals surface area contributed by atoms with E-state index in [4.69, 9.17) is 4.98 Å². The molecule has 3 aromatic rings. The Morgan fingerprint density at radius 3 is 2.16 bits per heavy atom. The summed E-state index contributed by atoms with van der Waals surface area (Å²) < 4.78 is 0. The molecule has 160 valence electrons. The van der Waals surface area contributed by atoms with E-state index in [0.29, 0.717) is 23.0 Å². The van der Waals surface area contributed by atoms with Crippen LogP contribution in [0.5, 0.6) is 0 Å². The molecule has 2 aromatic carbocycles. The molecule has 0 spiro atoms. The van der Waals surface area contributed by atoms with Crippen LogP contribution in [-0.2, 0) is 0 Å². The topological polar surface area (TPSA) is 66.9 Å². The van der Waals surface area contributed by atoms with E-state index in [2.05, 4.69) is 43.3 Å². The molecular weight excluding hydrogens is 384 g/mol. The molecule has 0 radical (unpaired) electrons. The van der Waals surface area contributed by atoms with Crippen molar-refractivity contribution in [2.24, 2.45) is 0 Å². The number of carbonyl (C=O) groups is 1. The molecule has 5 nitrogen and oxygen atoms in total. The smallest absolute Gasteiger partial charge is 0.193 e. The Morgan fingerprint density at radius 1 is 0.903 bits per heavy atom. The predicted octanol–water partition coefficient (Wildman–Crippen LogP) is 5.10. The predicted molar refractivity (Wildman–Crippen MR) is 125 cm³/mol. The number of aromatic nitrogens is 2. The second kappa shape index (κ2) is 8.23. The highest BCUT2D eigenvalue weighted by molar-refractivity contribution is 6.09. The Balaban J connectivity index is 1.50. The van der Waals surface area contributed by atoms with Crippen molar-refractivity contribution >= 4 is 11.6 Å². The summed E-state index contributed by atoms with van der Waals surface area (Å²) in [5.74, 6) is 1.49. The molecule has 4 rings (SSSR count). The van der Waals surface area contributed by atoms with E-state index in [1.807, 2.05) is 60.7 Å². The molecule has 0 atom stereocenters. The van der Waals surface area contributed by atoms with Gasteiger partial charge in [-0.2, -0.15) is 0 Å². The van der Waals surface area contributed by atoms with Gasteiger partial charge in [0.25, 0.3) is 0 Å². The van der Waals surface area contributed by atoms with Gasteiger partial charge in [0.2, 0.25) is 0 Å². The highest BCUT2D eigenvalue weighted by Gasteiger charge is 2.37. The van der Waals surface area contributed by atoms with Gasteiger partial charge in [0, 0.05) is 40.0 Å². The average Bonchev–Trinajstić information content (AvgIpc) is 2.72. The Kier molecular flexibility index (Phi) is 5.63. The van der Waals surface area contributed by atoms with Crippen LogP contribution in [0.4, 0.5) is 5.82 Å². The number of anilines is 1. The summed E-state index contributed by atoms with van der Waals surface area (Å²) >= 11 is 0. The van der Waals surface area contributed by atoms with Gasteiger partial charge in [0.05, 0.1) is 0 Å². The molecule has 0 bridgehead atoms. The van der Waals surface area contributed by atoms with E-state index in [9.17, 15) is 4.79 Å². The highest BCUT2D eigenvalue weighted by atomic mass is 16.1. The van der Waals surface area contributed by atoms with Crippen molar-refractivity contribution < 1.29 is 4.79 Å². The SMILES string of the molecule is CC1(C)CC(Nc2ccnc(-c3ccc(C(=O)c4ccccc4)cc3)n2)CC(C)(C)N1. The summed E-state index contributed by atoms with van der Waals surface area (Å²) in [5, 5.41) is 7.32. The van der Waals surface area contributed by atoms with Crippen LogP contribution in [0.3, 0.4) is 0 Å². The third-order valence-corrected chi connectivity index (χ3v) is 5.64. The number of benzene rings is 2. The zero-order chi connectivity index (χ0) is 22.1. The van der Waals surface area contributed by atoms with Crippen LogP contribution in [0.1, 0.15) is 56.5 Å². The highest BCUT2D eigenvalue weighted by Crippen LogP contribution is 2.30. The van der Waals surface area contributed by atoms with Gasteiger partial charge >= 0.3 is 0 Å². The summed E-state index contributed by atoms with van der Waals surface area (Å²) in [5.41, 5.74) is 2.36. The first-order chi connectivity index (χ1) is 14.7. The van der Waals surface area contributed by atoms with Crippen molar-refractivity contribution in [3.05, 3.63) is 78.0 Å². The van der Waals surface area contributed by atoms with Crippen LogP contribution >= 0.6 is 0 Å². The fraction of sp³-hybridized carbons (Fsp3) is 0.346. The van der Waals surface area contributed by atoms with Crippen LogP contribution in [0.25, 0.3) is 11.4 Å². The quantitative estimate of drug-likeness (QED) is 0.569. The third kappa shape index (κ3) is 5.17. The lowest BCUT2D eigenvalue weighted by atomic mass is 9.79. The Labute approximate surface area is 184 Å². The van der Waals surface area contributed by atoms with E-state index in [1.165, 1.54) is 0 Å². The second-order valence-electron chi connectivity index (χ2n) is 9.68. The largest absolute Gasteiger partial charge is 0.367 e. The zero-order valence-electron chi connectivity index (χ0n) is 18.6. The first kappa shape index (κ1) is 21.2. The first-order valence-electron chi connectivity index (χ1n) is 10.8. The lowest BCUT2D eigenvalue weighted by molar-refractivity contribution is 0.103. The molecule has 5 heteroatoms. The lowest BCUT2D eigenvalue weighted by Crippen LogP contribution is -2.60. The van der Waals surface area contributed by atoms with Crippen LogP contribution < -0.4 is 10.6 Å².